The molecule has 1 aliphatic heterocycles. The summed E-state index contributed by atoms with van der Waals surface area (Å²) in [4.78, 5) is 26.9. The average molecular weight is 464 g/mol. The zero-order valence-corrected chi connectivity index (χ0v) is 20.7. The molecule has 0 bridgehead atoms. The maximum Gasteiger partial charge on any atom is 0.317 e. The van der Waals surface area contributed by atoms with Crippen LogP contribution in [0, 0.1) is 0 Å². The van der Waals surface area contributed by atoms with Crippen molar-refractivity contribution in [3.05, 3.63) is 42.4 Å². The van der Waals surface area contributed by atoms with Crippen molar-refractivity contribution in [3.8, 4) is 5.69 Å². The van der Waals surface area contributed by atoms with E-state index >= 15 is 0 Å². The minimum atomic E-state index is 0.0392. The van der Waals surface area contributed by atoms with E-state index in [2.05, 4.69) is 36.1 Å². The summed E-state index contributed by atoms with van der Waals surface area (Å²) in [5, 5.41) is 8.70. The predicted octanol–water partition coefficient (Wildman–Crippen LogP) is 4.74. The van der Waals surface area contributed by atoms with Crippen LogP contribution >= 0.6 is 0 Å². The zero-order valence-electron chi connectivity index (χ0n) is 20.7. The molecule has 0 aliphatic carbocycles. The third-order valence-corrected chi connectivity index (χ3v) is 6.48. The second-order valence-corrected chi connectivity index (χ2v) is 9.14. The molecule has 3 aromatic rings. The van der Waals surface area contributed by atoms with Gasteiger partial charge in [0.25, 0.3) is 0 Å². The predicted molar refractivity (Wildman–Crippen MR) is 137 cm³/mol. The number of urea groups is 1. The molecule has 182 valence electrons. The SMILES string of the molecule is CCCCNC(=O)N1CCCN(c2nc([C@H](C)CCC)nc3c2cnn3-c2ccccc2)CC1. The first kappa shape index (κ1) is 24.0. The van der Waals surface area contributed by atoms with E-state index < -0.39 is 0 Å². The third kappa shape index (κ3) is 5.32. The first-order chi connectivity index (χ1) is 16.6. The molecule has 1 N–H and O–H groups in total. The quantitative estimate of drug-likeness (QED) is 0.488. The van der Waals surface area contributed by atoms with Crippen molar-refractivity contribution in [1.82, 2.24) is 30.0 Å². The Morgan fingerprint density at radius 3 is 2.65 bits per heavy atom. The topological polar surface area (TPSA) is 79.2 Å². The fourth-order valence-electron chi connectivity index (χ4n) is 4.51. The third-order valence-electron chi connectivity index (χ3n) is 6.48. The van der Waals surface area contributed by atoms with Crippen LogP contribution in [-0.4, -0.2) is 63.4 Å². The van der Waals surface area contributed by atoms with Gasteiger partial charge in [0.1, 0.15) is 11.6 Å². The van der Waals surface area contributed by atoms with E-state index in [1.165, 1.54) is 0 Å². The standard InChI is InChI=1S/C26H37N7O/c1-4-6-14-27-26(34)32-16-10-15-31(17-18-32)24-22-19-28-33(21-12-8-7-9-13-21)25(22)30-23(29-24)20(3)11-5-2/h7-9,12-13,19-20H,4-6,10-11,14-18H2,1-3H3,(H,27,34)/t20-/m1/s1. The highest BCUT2D eigenvalue weighted by Gasteiger charge is 2.24. The molecule has 0 unspecified atom stereocenters. The van der Waals surface area contributed by atoms with Crippen LogP contribution in [0.3, 0.4) is 0 Å². The van der Waals surface area contributed by atoms with Crippen LogP contribution < -0.4 is 10.2 Å². The normalized spacial score (nSPS) is 15.4. The second-order valence-electron chi connectivity index (χ2n) is 9.14. The van der Waals surface area contributed by atoms with Crippen LogP contribution in [0.15, 0.2) is 36.5 Å². The molecule has 3 heterocycles. The van der Waals surface area contributed by atoms with Crippen LogP contribution in [0.5, 0.6) is 0 Å². The molecule has 1 saturated heterocycles. The number of benzene rings is 1. The smallest absolute Gasteiger partial charge is 0.317 e. The van der Waals surface area contributed by atoms with E-state index in [1.807, 2.05) is 46.1 Å². The Kier molecular flexibility index (Phi) is 7.98. The summed E-state index contributed by atoms with van der Waals surface area (Å²) < 4.78 is 1.91. The molecular weight excluding hydrogens is 426 g/mol. The number of carbonyl (C=O) groups is 1. The number of unbranched alkanes of at least 4 members (excludes halogenated alkanes) is 1. The molecule has 34 heavy (non-hydrogen) atoms. The van der Waals surface area contributed by atoms with Gasteiger partial charge in [-0.05, 0) is 31.4 Å². The van der Waals surface area contributed by atoms with Crippen LogP contribution in [0.4, 0.5) is 10.6 Å². The summed E-state index contributed by atoms with van der Waals surface area (Å²) >= 11 is 0. The Balaban J connectivity index is 1.64. The fourth-order valence-corrected chi connectivity index (χ4v) is 4.51. The molecule has 0 spiro atoms. The molecule has 1 fully saturated rings. The highest BCUT2D eigenvalue weighted by molar-refractivity contribution is 5.88. The van der Waals surface area contributed by atoms with Crippen LogP contribution in [0.1, 0.15) is 64.6 Å². The van der Waals surface area contributed by atoms with Gasteiger partial charge in [0.2, 0.25) is 0 Å². The Labute approximate surface area is 202 Å². The van der Waals surface area contributed by atoms with Gasteiger partial charge in [-0.1, -0.05) is 51.8 Å². The lowest BCUT2D eigenvalue weighted by Gasteiger charge is -2.24. The van der Waals surface area contributed by atoms with Crippen molar-refractivity contribution < 1.29 is 4.79 Å². The molecule has 4 rings (SSSR count). The summed E-state index contributed by atoms with van der Waals surface area (Å²) in [5.74, 6) is 2.05. The number of hydrogen-bond acceptors (Lipinski definition) is 5. The number of hydrogen-bond donors (Lipinski definition) is 1. The van der Waals surface area contributed by atoms with Crippen LogP contribution in [-0.2, 0) is 0 Å². The van der Waals surface area contributed by atoms with Gasteiger partial charge >= 0.3 is 6.03 Å². The molecule has 1 aliphatic rings. The molecular formula is C26H37N7O. The summed E-state index contributed by atoms with van der Waals surface area (Å²) in [6.45, 7) is 10.3. The summed E-state index contributed by atoms with van der Waals surface area (Å²) in [6.07, 6.45) is 6.99. The number of nitrogens with zero attached hydrogens (tertiary/aromatic N) is 6. The first-order valence-corrected chi connectivity index (χ1v) is 12.7. The lowest BCUT2D eigenvalue weighted by Crippen LogP contribution is -2.42. The molecule has 8 nitrogen and oxygen atoms in total. The Bertz CT molecular complexity index is 1080. The van der Waals surface area contributed by atoms with E-state index in [4.69, 9.17) is 9.97 Å². The molecule has 8 heteroatoms. The van der Waals surface area contributed by atoms with Gasteiger partial charge in [0.05, 0.1) is 17.3 Å². The summed E-state index contributed by atoms with van der Waals surface area (Å²) in [5.41, 5.74) is 1.83. The highest BCUT2D eigenvalue weighted by atomic mass is 16.2. The fraction of sp³-hybridized carbons (Fsp3) is 0.538. The number of para-hydroxylation sites is 1. The lowest BCUT2D eigenvalue weighted by molar-refractivity contribution is 0.201. The van der Waals surface area contributed by atoms with E-state index in [1.54, 1.807) is 0 Å². The number of aromatic nitrogens is 4. The Morgan fingerprint density at radius 1 is 1.06 bits per heavy atom. The van der Waals surface area contributed by atoms with Crippen molar-refractivity contribution in [2.24, 2.45) is 0 Å². The number of nitrogens with one attached hydrogen (secondary N) is 1. The number of anilines is 1. The molecule has 2 aromatic heterocycles. The highest BCUT2D eigenvalue weighted by Crippen LogP contribution is 2.29. The number of amides is 2. The molecule has 0 radical (unpaired) electrons. The van der Waals surface area contributed by atoms with E-state index in [9.17, 15) is 4.79 Å². The van der Waals surface area contributed by atoms with E-state index in [-0.39, 0.29) is 11.9 Å². The Morgan fingerprint density at radius 2 is 1.88 bits per heavy atom. The van der Waals surface area contributed by atoms with Gasteiger partial charge < -0.3 is 15.1 Å². The van der Waals surface area contributed by atoms with Gasteiger partial charge in [-0.25, -0.2) is 19.4 Å². The maximum atomic E-state index is 12.6. The van der Waals surface area contributed by atoms with E-state index in [0.29, 0.717) is 6.54 Å². The first-order valence-electron chi connectivity index (χ1n) is 12.7. The average Bonchev–Trinajstić information content (AvgIpc) is 3.13. The Hall–Kier alpha value is -3.16. The van der Waals surface area contributed by atoms with Crippen molar-refractivity contribution >= 4 is 22.9 Å². The van der Waals surface area contributed by atoms with Crippen LogP contribution in [0.2, 0.25) is 0 Å². The zero-order chi connectivity index (χ0) is 23.9. The van der Waals surface area contributed by atoms with Crippen molar-refractivity contribution in [2.75, 3.05) is 37.6 Å². The molecule has 1 atom stereocenters. The van der Waals surface area contributed by atoms with Crippen molar-refractivity contribution in [2.45, 2.75) is 58.8 Å². The van der Waals surface area contributed by atoms with Crippen molar-refractivity contribution in [1.29, 1.82) is 0 Å². The summed E-state index contributed by atoms with van der Waals surface area (Å²) in [7, 11) is 0. The largest absolute Gasteiger partial charge is 0.354 e. The van der Waals surface area contributed by atoms with Gasteiger partial charge in [0.15, 0.2) is 5.65 Å². The minimum absolute atomic E-state index is 0.0392. The summed E-state index contributed by atoms with van der Waals surface area (Å²) in [6, 6.07) is 10.2. The number of rotatable bonds is 8. The van der Waals surface area contributed by atoms with Gasteiger partial charge in [0, 0.05) is 38.6 Å². The maximum absolute atomic E-state index is 12.6. The molecule has 1 aromatic carbocycles. The molecule has 2 amide bonds. The minimum Gasteiger partial charge on any atom is -0.354 e. The monoisotopic (exact) mass is 463 g/mol. The van der Waals surface area contributed by atoms with Crippen molar-refractivity contribution in [3.63, 3.8) is 0 Å². The number of carbonyl (C=O) groups excluding carboxylic acids is 1. The molecule has 0 saturated carbocycles. The van der Waals surface area contributed by atoms with Gasteiger partial charge in [-0.15, -0.1) is 0 Å². The van der Waals surface area contributed by atoms with Crippen LogP contribution in [0.25, 0.3) is 16.7 Å². The van der Waals surface area contributed by atoms with E-state index in [0.717, 1.165) is 86.6 Å². The van der Waals surface area contributed by atoms with Gasteiger partial charge in [-0.3, -0.25) is 0 Å². The lowest BCUT2D eigenvalue weighted by atomic mass is 10.1. The number of fused-ring (bicyclic) bond motifs is 1. The second kappa shape index (κ2) is 11.3. The van der Waals surface area contributed by atoms with Gasteiger partial charge in [-0.2, -0.15) is 5.10 Å².